The van der Waals surface area contributed by atoms with Gasteiger partial charge in [0.15, 0.2) is 0 Å². The second-order valence-corrected chi connectivity index (χ2v) is 10.3. The zero-order valence-corrected chi connectivity index (χ0v) is 18.9. The Hall–Kier alpha value is -1.68. The molecule has 8 nitrogen and oxygen atoms in total. The average molecular weight is 440 g/mol. The molecule has 0 bridgehead atoms. The maximum absolute atomic E-state index is 13.0. The Balaban J connectivity index is 1.78. The number of nitrogens with zero attached hydrogens (tertiary/aromatic N) is 2. The number of sulfonamides is 1. The molecule has 3 rings (SSSR count). The van der Waals surface area contributed by atoms with Crippen LogP contribution in [0.5, 0.6) is 5.75 Å². The molecule has 0 aliphatic carbocycles. The number of nitrogens with one attached hydrogen (secondary N) is 1. The second kappa shape index (κ2) is 10.1. The van der Waals surface area contributed by atoms with Crippen molar-refractivity contribution >= 4 is 21.6 Å². The topological polar surface area (TPSA) is 88.2 Å². The first kappa shape index (κ1) is 23.0. The lowest BCUT2D eigenvalue weighted by molar-refractivity contribution is -0.117. The van der Waals surface area contributed by atoms with Crippen molar-refractivity contribution < 1.29 is 22.7 Å². The number of anilines is 1. The fraction of sp³-hybridized carbons (Fsp3) is 0.667. The van der Waals surface area contributed by atoms with Crippen LogP contribution in [0.3, 0.4) is 0 Å². The number of amides is 1. The standard InChI is InChI=1S/C21H33N3O5S/c1-16(2)29-20-5-4-18(30(26,27)24-10-12-28-13-11-24)14-19(20)22-21(25)15-23-8-6-17(3)7-9-23/h4-5,14,16-17H,6-13,15H2,1-3H3,(H,22,25). The smallest absolute Gasteiger partial charge is 0.243 e. The van der Waals surface area contributed by atoms with Crippen LogP contribution in [0.4, 0.5) is 5.69 Å². The number of ether oxygens (including phenoxy) is 2. The second-order valence-electron chi connectivity index (χ2n) is 8.35. The third-order valence-electron chi connectivity index (χ3n) is 5.44. The number of hydrogen-bond acceptors (Lipinski definition) is 6. The highest BCUT2D eigenvalue weighted by atomic mass is 32.2. The van der Waals surface area contributed by atoms with Gasteiger partial charge in [0.05, 0.1) is 36.4 Å². The molecular weight excluding hydrogens is 406 g/mol. The first-order valence-corrected chi connectivity index (χ1v) is 12.1. The average Bonchev–Trinajstić information content (AvgIpc) is 2.71. The molecule has 9 heteroatoms. The van der Waals surface area contributed by atoms with E-state index in [-0.39, 0.29) is 23.5 Å². The van der Waals surface area contributed by atoms with Crippen molar-refractivity contribution in [2.24, 2.45) is 5.92 Å². The SMILES string of the molecule is CC1CCN(CC(=O)Nc2cc(S(=O)(=O)N3CCOCC3)ccc2OC(C)C)CC1. The molecule has 2 heterocycles. The van der Waals surface area contributed by atoms with Gasteiger partial charge < -0.3 is 14.8 Å². The van der Waals surface area contributed by atoms with Gasteiger partial charge in [-0.05, 0) is 63.9 Å². The first-order chi connectivity index (χ1) is 14.3. The summed E-state index contributed by atoms with van der Waals surface area (Å²) in [6.07, 6.45) is 2.07. The summed E-state index contributed by atoms with van der Waals surface area (Å²) in [5, 5.41) is 2.88. The lowest BCUT2D eigenvalue weighted by Gasteiger charge is -2.29. The number of rotatable bonds is 7. The van der Waals surface area contributed by atoms with E-state index in [0.29, 0.717) is 43.7 Å². The number of benzene rings is 1. The van der Waals surface area contributed by atoms with Crippen molar-refractivity contribution in [1.82, 2.24) is 9.21 Å². The summed E-state index contributed by atoms with van der Waals surface area (Å²) in [4.78, 5) is 15.0. The Bertz CT molecular complexity index is 829. The van der Waals surface area contributed by atoms with E-state index < -0.39 is 10.0 Å². The highest BCUT2D eigenvalue weighted by Gasteiger charge is 2.27. The Morgan fingerprint density at radius 3 is 2.50 bits per heavy atom. The zero-order valence-electron chi connectivity index (χ0n) is 18.1. The molecule has 0 aromatic heterocycles. The molecule has 1 aromatic rings. The van der Waals surface area contributed by atoms with Crippen LogP contribution in [0.15, 0.2) is 23.1 Å². The summed E-state index contributed by atoms with van der Waals surface area (Å²) in [6, 6.07) is 4.65. The first-order valence-electron chi connectivity index (χ1n) is 10.7. The van der Waals surface area contributed by atoms with Crippen molar-refractivity contribution in [3.8, 4) is 5.75 Å². The van der Waals surface area contributed by atoms with Gasteiger partial charge in [0.25, 0.3) is 0 Å². The van der Waals surface area contributed by atoms with Crippen LogP contribution in [0.25, 0.3) is 0 Å². The molecule has 1 N–H and O–H groups in total. The van der Waals surface area contributed by atoms with E-state index in [2.05, 4.69) is 17.1 Å². The van der Waals surface area contributed by atoms with Crippen molar-refractivity contribution in [3.05, 3.63) is 18.2 Å². The molecule has 0 spiro atoms. The van der Waals surface area contributed by atoms with E-state index >= 15 is 0 Å². The summed E-state index contributed by atoms with van der Waals surface area (Å²) in [6.45, 7) is 9.49. The van der Waals surface area contributed by atoms with E-state index in [1.807, 2.05) is 13.8 Å². The predicted octanol–water partition coefficient (Wildman–Crippen LogP) is 2.17. The minimum Gasteiger partial charge on any atom is -0.489 e. The van der Waals surface area contributed by atoms with Crippen LogP contribution in [-0.4, -0.2) is 75.6 Å². The number of hydrogen-bond donors (Lipinski definition) is 1. The molecular formula is C21H33N3O5S. The van der Waals surface area contributed by atoms with Gasteiger partial charge in [0.1, 0.15) is 5.75 Å². The van der Waals surface area contributed by atoms with Crippen LogP contribution in [-0.2, 0) is 19.6 Å². The van der Waals surface area contributed by atoms with Gasteiger partial charge in [-0.1, -0.05) is 6.92 Å². The van der Waals surface area contributed by atoms with E-state index in [9.17, 15) is 13.2 Å². The maximum atomic E-state index is 13.0. The largest absolute Gasteiger partial charge is 0.489 e. The fourth-order valence-electron chi connectivity index (χ4n) is 3.67. The molecule has 2 aliphatic heterocycles. The molecule has 1 amide bonds. The molecule has 2 aliphatic rings. The fourth-order valence-corrected chi connectivity index (χ4v) is 5.11. The summed E-state index contributed by atoms with van der Waals surface area (Å²) in [5.41, 5.74) is 0.383. The number of carbonyl (C=O) groups excluding carboxylic acids is 1. The molecule has 30 heavy (non-hydrogen) atoms. The van der Waals surface area contributed by atoms with Crippen LogP contribution in [0.2, 0.25) is 0 Å². The zero-order chi connectivity index (χ0) is 21.7. The molecule has 1 aromatic carbocycles. The van der Waals surface area contributed by atoms with Gasteiger partial charge in [-0.25, -0.2) is 8.42 Å². The van der Waals surface area contributed by atoms with Gasteiger partial charge in [-0.15, -0.1) is 0 Å². The minimum atomic E-state index is -3.66. The summed E-state index contributed by atoms with van der Waals surface area (Å²) in [5.74, 6) is 0.989. The third-order valence-corrected chi connectivity index (χ3v) is 7.33. The molecule has 2 fully saturated rings. The van der Waals surface area contributed by atoms with Crippen LogP contribution in [0.1, 0.15) is 33.6 Å². The van der Waals surface area contributed by atoms with Crippen LogP contribution < -0.4 is 10.1 Å². The number of likely N-dealkylation sites (tertiary alicyclic amines) is 1. The van der Waals surface area contributed by atoms with Crippen molar-refractivity contribution in [3.63, 3.8) is 0 Å². The minimum absolute atomic E-state index is 0.106. The Morgan fingerprint density at radius 1 is 1.20 bits per heavy atom. The highest BCUT2D eigenvalue weighted by Crippen LogP contribution is 2.30. The van der Waals surface area contributed by atoms with Crippen LogP contribution >= 0.6 is 0 Å². The van der Waals surface area contributed by atoms with E-state index in [4.69, 9.17) is 9.47 Å². The quantitative estimate of drug-likeness (QED) is 0.701. The number of piperidine rings is 1. The monoisotopic (exact) mass is 439 g/mol. The van der Waals surface area contributed by atoms with Gasteiger partial charge in [0, 0.05) is 13.1 Å². The number of carbonyl (C=O) groups is 1. The molecule has 0 radical (unpaired) electrons. The highest BCUT2D eigenvalue weighted by molar-refractivity contribution is 7.89. The summed E-state index contributed by atoms with van der Waals surface area (Å²) >= 11 is 0. The lowest BCUT2D eigenvalue weighted by atomic mass is 9.99. The molecule has 0 unspecified atom stereocenters. The molecule has 168 valence electrons. The van der Waals surface area contributed by atoms with Crippen LogP contribution in [0, 0.1) is 5.92 Å². The van der Waals surface area contributed by atoms with E-state index in [0.717, 1.165) is 25.9 Å². The van der Waals surface area contributed by atoms with E-state index in [1.165, 1.54) is 16.4 Å². The molecule has 0 atom stereocenters. The Labute approximate surface area is 179 Å². The molecule has 0 saturated carbocycles. The third kappa shape index (κ3) is 5.94. The maximum Gasteiger partial charge on any atom is 0.243 e. The molecule has 2 saturated heterocycles. The van der Waals surface area contributed by atoms with Crippen molar-refractivity contribution in [2.75, 3.05) is 51.3 Å². The van der Waals surface area contributed by atoms with Crippen molar-refractivity contribution in [1.29, 1.82) is 0 Å². The predicted molar refractivity (Wildman–Crippen MR) is 115 cm³/mol. The number of morpholine rings is 1. The Kier molecular flexibility index (Phi) is 7.73. The van der Waals surface area contributed by atoms with Crippen molar-refractivity contribution in [2.45, 2.75) is 44.6 Å². The van der Waals surface area contributed by atoms with Gasteiger partial charge >= 0.3 is 0 Å². The van der Waals surface area contributed by atoms with Gasteiger partial charge in [0.2, 0.25) is 15.9 Å². The Morgan fingerprint density at radius 2 is 1.87 bits per heavy atom. The lowest BCUT2D eigenvalue weighted by Crippen LogP contribution is -2.40. The van der Waals surface area contributed by atoms with E-state index in [1.54, 1.807) is 6.07 Å². The summed E-state index contributed by atoms with van der Waals surface area (Å²) in [7, 11) is -3.66. The summed E-state index contributed by atoms with van der Waals surface area (Å²) < 4.78 is 38.5. The van der Waals surface area contributed by atoms with Gasteiger partial charge in [-0.2, -0.15) is 4.31 Å². The normalized spacial score (nSPS) is 19.7. The van der Waals surface area contributed by atoms with Gasteiger partial charge in [-0.3, -0.25) is 9.69 Å².